The molecule has 3 nitrogen and oxygen atoms in total. The van der Waals surface area contributed by atoms with Crippen LogP contribution in [-0.4, -0.2) is 31.4 Å². The van der Waals surface area contributed by atoms with E-state index in [1.807, 2.05) is 12.1 Å². The molecule has 1 N–H and O–H groups in total. The number of hydrogen-bond donors (Lipinski definition) is 1. The molecule has 1 amide bonds. The van der Waals surface area contributed by atoms with Crippen molar-refractivity contribution in [3.63, 3.8) is 0 Å². The maximum absolute atomic E-state index is 11.6. The monoisotopic (exact) mass is 204 g/mol. The molecule has 1 heterocycles. The van der Waals surface area contributed by atoms with E-state index in [0.717, 1.165) is 18.5 Å². The fourth-order valence-electron chi connectivity index (χ4n) is 1.88. The van der Waals surface area contributed by atoms with Crippen molar-refractivity contribution < 1.29 is 4.79 Å². The highest BCUT2D eigenvalue weighted by atomic mass is 16.2. The number of benzene rings is 1. The summed E-state index contributed by atoms with van der Waals surface area (Å²) in [6.07, 6.45) is 1.56. The minimum Gasteiger partial charge on any atom is -0.384 e. The molecule has 0 unspecified atom stereocenters. The molecule has 0 bridgehead atoms. The first kappa shape index (κ1) is 10.0. The smallest absolute Gasteiger partial charge is 0.226 e. The van der Waals surface area contributed by atoms with Gasteiger partial charge in [-0.25, -0.2) is 0 Å². The number of hydrogen-bond acceptors (Lipinski definition) is 2. The van der Waals surface area contributed by atoms with Crippen molar-refractivity contribution in [3.8, 4) is 0 Å². The third-order valence-corrected chi connectivity index (χ3v) is 2.77. The Labute approximate surface area is 90.1 Å². The van der Waals surface area contributed by atoms with Crippen LogP contribution in [0.1, 0.15) is 11.1 Å². The quantitative estimate of drug-likeness (QED) is 0.787. The summed E-state index contributed by atoms with van der Waals surface area (Å²) in [5, 5.41) is 3.34. The fourth-order valence-corrected chi connectivity index (χ4v) is 1.88. The summed E-state index contributed by atoms with van der Waals surface area (Å²) in [5.41, 5.74) is 3.62. The van der Waals surface area contributed by atoms with E-state index < -0.39 is 0 Å². The molecule has 1 aromatic carbocycles. The van der Waals surface area contributed by atoms with Gasteiger partial charge < -0.3 is 10.2 Å². The second kappa shape index (κ2) is 3.93. The van der Waals surface area contributed by atoms with Gasteiger partial charge >= 0.3 is 0 Å². The normalized spacial score (nSPS) is 13.2. The number of carbonyl (C=O) groups excluding carboxylic acids is 1. The molecule has 1 aliphatic rings. The Morgan fingerprint density at radius 3 is 3.00 bits per heavy atom. The van der Waals surface area contributed by atoms with Gasteiger partial charge in [-0.2, -0.15) is 0 Å². The van der Waals surface area contributed by atoms with Crippen molar-refractivity contribution in [2.24, 2.45) is 0 Å². The number of carbonyl (C=O) groups is 1. The molecule has 0 aromatic heterocycles. The van der Waals surface area contributed by atoms with Crippen LogP contribution in [-0.2, 0) is 17.6 Å². The highest BCUT2D eigenvalue weighted by molar-refractivity contribution is 5.81. The van der Waals surface area contributed by atoms with E-state index in [1.165, 1.54) is 11.3 Å². The minimum absolute atomic E-state index is 0.150. The summed E-state index contributed by atoms with van der Waals surface area (Å²) in [7, 11) is 3.58. The molecule has 15 heavy (non-hydrogen) atoms. The number of para-hydroxylation sites is 1. The van der Waals surface area contributed by atoms with Crippen LogP contribution in [0.15, 0.2) is 18.2 Å². The van der Waals surface area contributed by atoms with Gasteiger partial charge in [-0.3, -0.25) is 4.79 Å². The first-order valence-corrected chi connectivity index (χ1v) is 5.23. The van der Waals surface area contributed by atoms with Crippen molar-refractivity contribution in [1.82, 2.24) is 4.90 Å². The van der Waals surface area contributed by atoms with E-state index >= 15 is 0 Å². The van der Waals surface area contributed by atoms with E-state index in [-0.39, 0.29) is 5.91 Å². The molecule has 0 atom stereocenters. The van der Waals surface area contributed by atoms with Crippen LogP contribution in [0.5, 0.6) is 0 Å². The molecule has 0 saturated heterocycles. The van der Waals surface area contributed by atoms with Gasteiger partial charge in [0.1, 0.15) is 0 Å². The van der Waals surface area contributed by atoms with Crippen LogP contribution in [0.2, 0.25) is 0 Å². The lowest BCUT2D eigenvalue weighted by Crippen LogP contribution is -2.23. The molecule has 0 saturated carbocycles. The molecule has 0 radical (unpaired) electrons. The summed E-state index contributed by atoms with van der Waals surface area (Å²) in [6, 6.07) is 6.18. The molecule has 0 aliphatic carbocycles. The average molecular weight is 204 g/mol. The highest BCUT2D eigenvalue weighted by Gasteiger charge is 2.15. The summed E-state index contributed by atoms with van der Waals surface area (Å²) in [6.45, 7) is 0.989. The van der Waals surface area contributed by atoms with Crippen molar-refractivity contribution in [2.45, 2.75) is 12.8 Å². The van der Waals surface area contributed by atoms with E-state index in [0.29, 0.717) is 6.42 Å². The van der Waals surface area contributed by atoms with Crippen LogP contribution in [0.3, 0.4) is 0 Å². The van der Waals surface area contributed by atoms with Crippen molar-refractivity contribution in [1.29, 1.82) is 0 Å². The van der Waals surface area contributed by atoms with Gasteiger partial charge in [0, 0.05) is 26.3 Å². The number of fused-ring (bicyclic) bond motifs is 1. The first-order chi connectivity index (χ1) is 7.18. The van der Waals surface area contributed by atoms with Crippen LogP contribution in [0.4, 0.5) is 5.69 Å². The van der Waals surface area contributed by atoms with E-state index in [9.17, 15) is 4.79 Å². The number of likely N-dealkylation sites (N-methyl/N-ethyl adjacent to an activating group) is 1. The number of anilines is 1. The molecular weight excluding hydrogens is 188 g/mol. The Bertz CT molecular complexity index is 385. The SMILES string of the molecule is CN(C)C(=O)Cc1cccc2c1NCC2. The summed E-state index contributed by atoms with van der Waals surface area (Å²) >= 11 is 0. The molecule has 80 valence electrons. The van der Waals surface area contributed by atoms with E-state index in [2.05, 4.69) is 11.4 Å². The highest BCUT2D eigenvalue weighted by Crippen LogP contribution is 2.26. The van der Waals surface area contributed by atoms with E-state index in [1.54, 1.807) is 19.0 Å². The van der Waals surface area contributed by atoms with Crippen molar-refractivity contribution >= 4 is 11.6 Å². The second-order valence-electron chi connectivity index (χ2n) is 4.09. The minimum atomic E-state index is 0.150. The molecule has 2 rings (SSSR count). The Hall–Kier alpha value is -1.51. The molecule has 3 heteroatoms. The molecule has 1 aliphatic heterocycles. The number of nitrogens with zero attached hydrogens (tertiary/aromatic N) is 1. The lowest BCUT2D eigenvalue weighted by molar-refractivity contribution is -0.127. The van der Waals surface area contributed by atoms with Gasteiger partial charge in [0.25, 0.3) is 0 Å². The van der Waals surface area contributed by atoms with Gasteiger partial charge in [-0.05, 0) is 17.5 Å². The summed E-state index contributed by atoms with van der Waals surface area (Å²) in [5.74, 6) is 0.150. The first-order valence-electron chi connectivity index (χ1n) is 5.23. The maximum Gasteiger partial charge on any atom is 0.226 e. The van der Waals surface area contributed by atoms with Gasteiger partial charge in [0.2, 0.25) is 5.91 Å². The Kier molecular flexibility index (Phi) is 2.62. The summed E-state index contributed by atoms with van der Waals surface area (Å²) in [4.78, 5) is 13.2. The van der Waals surface area contributed by atoms with Crippen LogP contribution in [0, 0.1) is 0 Å². The molecule has 1 aromatic rings. The van der Waals surface area contributed by atoms with Gasteiger partial charge in [0.05, 0.1) is 6.42 Å². The van der Waals surface area contributed by atoms with Gasteiger partial charge in [-0.1, -0.05) is 18.2 Å². The Balaban J connectivity index is 2.22. The number of rotatable bonds is 2. The Morgan fingerprint density at radius 1 is 1.47 bits per heavy atom. The van der Waals surface area contributed by atoms with Crippen LogP contribution in [0.25, 0.3) is 0 Å². The third-order valence-electron chi connectivity index (χ3n) is 2.77. The topological polar surface area (TPSA) is 32.3 Å². The molecule has 0 spiro atoms. The molecule has 0 fully saturated rings. The zero-order valence-electron chi connectivity index (χ0n) is 9.21. The Morgan fingerprint density at radius 2 is 2.27 bits per heavy atom. The average Bonchev–Trinajstić information content (AvgIpc) is 2.66. The predicted molar refractivity (Wildman–Crippen MR) is 61.0 cm³/mol. The third kappa shape index (κ3) is 1.96. The second-order valence-corrected chi connectivity index (χ2v) is 4.09. The predicted octanol–water partition coefficient (Wildman–Crippen LogP) is 1.29. The van der Waals surface area contributed by atoms with Crippen molar-refractivity contribution in [2.75, 3.05) is 26.0 Å². The standard InChI is InChI=1S/C12H16N2O/c1-14(2)11(15)8-10-5-3-4-9-6-7-13-12(9)10/h3-5,13H,6-8H2,1-2H3. The fraction of sp³-hybridized carbons (Fsp3) is 0.417. The lowest BCUT2D eigenvalue weighted by Gasteiger charge is -2.12. The zero-order chi connectivity index (χ0) is 10.8. The largest absolute Gasteiger partial charge is 0.384 e. The maximum atomic E-state index is 11.6. The lowest BCUT2D eigenvalue weighted by atomic mass is 10.0. The number of nitrogens with one attached hydrogen (secondary N) is 1. The zero-order valence-corrected chi connectivity index (χ0v) is 9.21. The van der Waals surface area contributed by atoms with E-state index in [4.69, 9.17) is 0 Å². The summed E-state index contributed by atoms with van der Waals surface area (Å²) < 4.78 is 0. The van der Waals surface area contributed by atoms with Crippen LogP contribution < -0.4 is 5.32 Å². The molecular formula is C12H16N2O. The van der Waals surface area contributed by atoms with Crippen molar-refractivity contribution in [3.05, 3.63) is 29.3 Å². The van der Waals surface area contributed by atoms with Gasteiger partial charge in [0.15, 0.2) is 0 Å². The van der Waals surface area contributed by atoms with Gasteiger partial charge in [-0.15, -0.1) is 0 Å². The van der Waals surface area contributed by atoms with Crippen LogP contribution >= 0.6 is 0 Å². The number of amides is 1.